The summed E-state index contributed by atoms with van der Waals surface area (Å²) < 4.78 is 0. The number of hydrogen-bond acceptors (Lipinski definition) is 2. The second-order valence-electron chi connectivity index (χ2n) is 2.34. The van der Waals surface area contributed by atoms with E-state index in [1.54, 1.807) is 13.8 Å². The molecule has 73 valence electrons. The molecule has 0 saturated carbocycles. The second-order valence-corrected chi connectivity index (χ2v) is 2.34. The van der Waals surface area contributed by atoms with Gasteiger partial charge in [-0.05, 0) is 13.8 Å². The minimum atomic E-state index is -0.407. The summed E-state index contributed by atoms with van der Waals surface area (Å²) >= 11 is 0. The van der Waals surface area contributed by atoms with Crippen LogP contribution >= 0.6 is 0 Å². The molecule has 0 aliphatic carbocycles. The quantitative estimate of drug-likeness (QED) is 0.573. The first-order chi connectivity index (χ1) is 3.55. The smallest absolute Gasteiger partial charge is 0.393 e. The zero-order valence-corrected chi connectivity index (χ0v) is 9.60. The predicted octanol–water partition coefficient (Wildman–Crippen LogP) is 1.28. The molecular formula is C8H20O2Rh. The molecule has 2 unspecified atom stereocenters. The van der Waals surface area contributed by atoms with Gasteiger partial charge in [0.15, 0.2) is 0 Å². The second kappa shape index (κ2) is 10.5. The van der Waals surface area contributed by atoms with E-state index in [0.29, 0.717) is 0 Å². The summed E-state index contributed by atoms with van der Waals surface area (Å²) in [5.41, 5.74) is 0. The van der Waals surface area contributed by atoms with Gasteiger partial charge >= 0.3 is 19.5 Å². The van der Waals surface area contributed by atoms with E-state index in [1.165, 1.54) is 0 Å². The van der Waals surface area contributed by atoms with Crippen molar-refractivity contribution in [1.82, 2.24) is 0 Å². The van der Waals surface area contributed by atoms with Gasteiger partial charge in [0.1, 0.15) is 0 Å². The Balaban J connectivity index is -0.0000000817. The molecule has 0 rings (SSSR count). The third-order valence-electron chi connectivity index (χ3n) is 1.52. The zero-order valence-electron chi connectivity index (χ0n) is 7.96. The fourth-order valence-corrected chi connectivity index (χ4v) is 0.403. The first kappa shape index (κ1) is 22.6. The number of aliphatic hydroxyl groups excluding tert-OH is 2. The Labute approximate surface area is 83.8 Å². The van der Waals surface area contributed by atoms with E-state index in [-0.39, 0.29) is 40.2 Å². The van der Waals surface area contributed by atoms with Crippen molar-refractivity contribution < 1.29 is 29.7 Å². The fraction of sp³-hybridized carbons (Fsp3) is 0.750. The van der Waals surface area contributed by atoms with Crippen molar-refractivity contribution in [3.63, 3.8) is 0 Å². The van der Waals surface area contributed by atoms with Crippen LogP contribution in [0.3, 0.4) is 0 Å². The predicted molar refractivity (Wildman–Crippen MR) is 45.4 cm³/mol. The maximum absolute atomic E-state index is 8.83. The van der Waals surface area contributed by atoms with Gasteiger partial charge in [0.2, 0.25) is 0 Å². The number of rotatable bonds is 2. The molecule has 0 fully saturated rings. The summed E-state index contributed by atoms with van der Waals surface area (Å²) in [7, 11) is 0. The van der Waals surface area contributed by atoms with Crippen molar-refractivity contribution in [2.75, 3.05) is 0 Å². The molecule has 0 aliphatic heterocycles. The third-order valence-corrected chi connectivity index (χ3v) is 1.52. The van der Waals surface area contributed by atoms with Crippen molar-refractivity contribution in [2.45, 2.75) is 33.0 Å². The third kappa shape index (κ3) is 10.5. The van der Waals surface area contributed by atoms with E-state index in [9.17, 15) is 0 Å². The van der Waals surface area contributed by atoms with E-state index >= 15 is 0 Å². The Hall–Kier alpha value is 0.543. The van der Waals surface area contributed by atoms with E-state index in [2.05, 4.69) is 0 Å². The van der Waals surface area contributed by atoms with Gasteiger partial charge in [-0.25, -0.2) is 0 Å². The monoisotopic (exact) mass is 251 g/mol. The fourth-order valence-electron chi connectivity index (χ4n) is 0.403. The van der Waals surface area contributed by atoms with Crippen LogP contribution < -0.4 is 0 Å². The van der Waals surface area contributed by atoms with Crippen LogP contribution in [0.5, 0.6) is 0 Å². The minimum absolute atomic E-state index is 0. The zero-order chi connectivity index (χ0) is 6.73. The topological polar surface area (TPSA) is 40.5 Å². The molecule has 0 saturated heterocycles. The van der Waals surface area contributed by atoms with Crippen LogP contribution in [0.15, 0.2) is 0 Å². The molecule has 0 aromatic carbocycles. The molecular weight excluding hydrogens is 231 g/mol. The van der Waals surface area contributed by atoms with Crippen LogP contribution in [-0.2, 0) is 19.5 Å². The molecule has 0 bridgehead atoms. The molecule has 2 nitrogen and oxygen atoms in total. The first-order valence-corrected chi connectivity index (χ1v) is 2.92. The normalized spacial score (nSPS) is 16.1. The van der Waals surface area contributed by atoms with Crippen LogP contribution in [0.2, 0.25) is 0 Å². The van der Waals surface area contributed by atoms with E-state index in [1.807, 2.05) is 6.92 Å². The SMILES string of the molecule is CC(O)C(C)C(C)O.[CH3-].[CH3-].[Rh+2]. The summed E-state index contributed by atoms with van der Waals surface area (Å²) in [5.74, 6) is -0.0185. The van der Waals surface area contributed by atoms with Crippen molar-refractivity contribution in [1.29, 1.82) is 0 Å². The molecule has 0 aromatic heterocycles. The van der Waals surface area contributed by atoms with Crippen molar-refractivity contribution in [3.05, 3.63) is 14.9 Å². The Morgan fingerprint density at radius 1 is 0.818 bits per heavy atom. The van der Waals surface area contributed by atoms with Crippen LogP contribution in [0.4, 0.5) is 0 Å². The molecule has 0 heterocycles. The summed E-state index contributed by atoms with van der Waals surface area (Å²) in [6.45, 7) is 5.17. The van der Waals surface area contributed by atoms with Gasteiger partial charge in [-0.15, -0.1) is 0 Å². The van der Waals surface area contributed by atoms with Gasteiger partial charge in [-0.1, -0.05) is 6.92 Å². The Bertz CT molecular complexity index is 57.1. The Morgan fingerprint density at radius 2 is 1.00 bits per heavy atom. The van der Waals surface area contributed by atoms with Gasteiger partial charge in [0.25, 0.3) is 0 Å². The van der Waals surface area contributed by atoms with Crippen molar-refractivity contribution >= 4 is 0 Å². The molecule has 1 radical (unpaired) electrons. The van der Waals surface area contributed by atoms with Gasteiger partial charge in [0, 0.05) is 5.92 Å². The van der Waals surface area contributed by atoms with Crippen LogP contribution in [-0.4, -0.2) is 22.4 Å². The summed E-state index contributed by atoms with van der Waals surface area (Å²) in [6, 6.07) is 0. The molecule has 11 heavy (non-hydrogen) atoms. The summed E-state index contributed by atoms with van der Waals surface area (Å²) in [6.07, 6.45) is -0.815. The van der Waals surface area contributed by atoms with Gasteiger partial charge in [0.05, 0.1) is 12.2 Å². The van der Waals surface area contributed by atoms with Crippen LogP contribution in [0.25, 0.3) is 0 Å². The molecule has 0 amide bonds. The minimum Gasteiger partial charge on any atom is -0.393 e. The largest absolute Gasteiger partial charge is 2.00 e. The van der Waals surface area contributed by atoms with Crippen LogP contribution in [0, 0.1) is 20.8 Å². The maximum Gasteiger partial charge on any atom is 2.00 e. The average Bonchev–Trinajstić information content (AvgIpc) is 1.64. The number of hydrogen-bond donors (Lipinski definition) is 2. The molecule has 2 N–H and O–H groups in total. The molecule has 0 aliphatic rings. The van der Waals surface area contributed by atoms with E-state index in [4.69, 9.17) is 10.2 Å². The van der Waals surface area contributed by atoms with Gasteiger partial charge in [-0.3, -0.25) is 0 Å². The Morgan fingerprint density at radius 3 is 1.00 bits per heavy atom. The van der Waals surface area contributed by atoms with Crippen LogP contribution in [0.1, 0.15) is 20.8 Å². The maximum atomic E-state index is 8.83. The Kier molecular flexibility index (Phi) is 21.6. The molecule has 2 atom stereocenters. The van der Waals surface area contributed by atoms with E-state index in [0.717, 1.165) is 0 Å². The summed E-state index contributed by atoms with van der Waals surface area (Å²) in [4.78, 5) is 0. The molecule has 3 heteroatoms. The van der Waals surface area contributed by atoms with Gasteiger partial charge < -0.3 is 25.1 Å². The van der Waals surface area contributed by atoms with Crippen molar-refractivity contribution in [3.8, 4) is 0 Å². The average molecular weight is 251 g/mol. The van der Waals surface area contributed by atoms with E-state index < -0.39 is 12.2 Å². The molecule has 0 aromatic rings. The first-order valence-electron chi connectivity index (χ1n) is 2.92. The number of aliphatic hydroxyl groups is 2. The molecule has 0 spiro atoms. The summed E-state index contributed by atoms with van der Waals surface area (Å²) in [5, 5.41) is 17.7. The standard InChI is InChI=1S/C6H14O2.2CH3.Rh/c1-4(5(2)7)6(3)8;;;/h4-8H,1-3H3;2*1H3;/q;2*-1;+2. The van der Waals surface area contributed by atoms with Gasteiger partial charge in [-0.2, -0.15) is 0 Å². The van der Waals surface area contributed by atoms with Crippen molar-refractivity contribution in [2.24, 2.45) is 5.92 Å².